The lowest BCUT2D eigenvalue weighted by molar-refractivity contribution is -0.114. The summed E-state index contributed by atoms with van der Waals surface area (Å²) >= 11 is 1.39. The summed E-state index contributed by atoms with van der Waals surface area (Å²) in [6.45, 7) is 5.73. The lowest BCUT2D eigenvalue weighted by Crippen LogP contribution is -2.22. The van der Waals surface area contributed by atoms with Gasteiger partial charge >= 0.3 is 0 Å². The second-order valence-electron chi connectivity index (χ2n) is 6.88. The summed E-state index contributed by atoms with van der Waals surface area (Å²) in [5, 5.41) is 6.50. The van der Waals surface area contributed by atoms with Crippen LogP contribution in [0.2, 0.25) is 0 Å². The normalized spacial score (nSPS) is 10.5. The first kappa shape index (κ1) is 21.5. The fraction of sp³-hybridized carbons (Fsp3) is 0.261. The lowest BCUT2D eigenvalue weighted by Gasteiger charge is -2.11. The van der Waals surface area contributed by atoms with Gasteiger partial charge in [0.2, 0.25) is 5.91 Å². The summed E-state index contributed by atoms with van der Waals surface area (Å²) in [5.41, 5.74) is 4.41. The van der Waals surface area contributed by atoms with Gasteiger partial charge in [0.1, 0.15) is 15.6 Å². The smallest absolute Gasteiger partial charge is 0.263 e. The third kappa shape index (κ3) is 5.04. The molecule has 30 heavy (non-hydrogen) atoms. The quantitative estimate of drug-likeness (QED) is 0.583. The van der Waals surface area contributed by atoms with Crippen LogP contribution >= 0.6 is 11.3 Å². The van der Waals surface area contributed by atoms with Crippen molar-refractivity contribution in [3.63, 3.8) is 0 Å². The molecule has 1 heterocycles. The molecule has 0 spiro atoms. The number of nitrogens with one attached hydrogen (secondary N) is 2. The van der Waals surface area contributed by atoms with E-state index >= 15 is 0 Å². The third-order valence-electron chi connectivity index (χ3n) is 4.64. The molecule has 1 aromatic heterocycles. The molecule has 6 nitrogen and oxygen atoms in total. The van der Waals surface area contributed by atoms with E-state index in [4.69, 9.17) is 4.74 Å². The highest BCUT2D eigenvalue weighted by Crippen LogP contribution is 2.29. The Balaban J connectivity index is 1.72. The minimum absolute atomic E-state index is 0.168. The van der Waals surface area contributed by atoms with Crippen molar-refractivity contribution in [1.29, 1.82) is 0 Å². The average molecular weight is 424 g/mol. The van der Waals surface area contributed by atoms with Crippen molar-refractivity contribution in [3.05, 3.63) is 64.2 Å². The van der Waals surface area contributed by atoms with Crippen molar-refractivity contribution < 1.29 is 14.3 Å². The molecule has 0 aliphatic rings. The van der Waals surface area contributed by atoms with E-state index in [9.17, 15) is 9.59 Å². The van der Waals surface area contributed by atoms with Gasteiger partial charge in [0.05, 0.1) is 18.5 Å². The maximum absolute atomic E-state index is 12.7. The third-order valence-corrected chi connectivity index (χ3v) is 5.84. The molecule has 0 bridgehead atoms. The van der Waals surface area contributed by atoms with Gasteiger partial charge in [0.25, 0.3) is 5.91 Å². The van der Waals surface area contributed by atoms with Crippen LogP contribution in [0.3, 0.4) is 0 Å². The first-order chi connectivity index (χ1) is 14.4. The molecule has 2 amide bonds. The molecule has 156 valence electrons. The summed E-state index contributed by atoms with van der Waals surface area (Å²) in [5.74, 6) is 0.213. The van der Waals surface area contributed by atoms with E-state index < -0.39 is 0 Å². The van der Waals surface area contributed by atoms with Gasteiger partial charge in [-0.3, -0.25) is 9.59 Å². The number of thiazole rings is 1. The van der Waals surface area contributed by atoms with Gasteiger partial charge in [0.15, 0.2) is 0 Å². The first-order valence-corrected chi connectivity index (χ1v) is 10.5. The molecular weight excluding hydrogens is 398 g/mol. The fourth-order valence-electron chi connectivity index (χ4n) is 3.03. The zero-order valence-corrected chi connectivity index (χ0v) is 18.4. The molecule has 3 rings (SSSR count). The largest absolute Gasteiger partial charge is 0.495 e. The Labute approximate surface area is 180 Å². The zero-order valence-electron chi connectivity index (χ0n) is 17.5. The second-order valence-corrected chi connectivity index (χ2v) is 7.88. The minimum atomic E-state index is -0.186. The van der Waals surface area contributed by atoms with Crippen LogP contribution in [0.1, 0.15) is 40.3 Å². The number of anilines is 1. The van der Waals surface area contributed by atoms with E-state index in [1.807, 2.05) is 25.1 Å². The van der Waals surface area contributed by atoms with Gasteiger partial charge in [-0.2, -0.15) is 0 Å². The summed E-state index contributed by atoms with van der Waals surface area (Å²) in [4.78, 5) is 29.3. The topological polar surface area (TPSA) is 80.3 Å². The maximum Gasteiger partial charge on any atom is 0.263 e. The highest BCUT2D eigenvalue weighted by Gasteiger charge is 2.16. The molecule has 0 unspecified atom stereocenters. The van der Waals surface area contributed by atoms with Crippen molar-refractivity contribution in [2.75, 3.05) is 12.4 Å². The van der Waals surface area contributed by atoms with Gasteiger partial charge in [-0.15, -0.1) is 11.3 Å². The van der Waals surface area contributed by atoms with Gasteiger partial charge in [-0.05, 0) is 36.6 Å². The number of benzene rings is 2. The zero-order chi connectivity index (χ0) is 21.7. The van der Waals surface area contributed by atoms with Crippen molar-refractivity contribution in [2.45, 2.75) is 33.7 Å². The Kier molecular flexibility index (Phi) is 6.84. The number of ether oxygens (including phenoxy) is 1. The van der Waals surface area contributed by atoms with E-state index in [2.05, 4.69) is 34.7 Å². The number of aryl methyl sites for hydroxylation is 2. The molecule has 2 N–H and O–H groups in total. The molecule has 3 aromatic rings. The first-order valence-electron chi connectivity index (χ1n) is 9.70. The molecule has 0 saturated heterocycles. The second kappa shape index (κ2) is 9.54. The monoisotopic (exact) mass is 423 g/mol. The summed E-state index contributed by atoms with van der Waals surface area (Å²) in [7, 11) is 1.54. The van der Waals surface area contributed by atoms with Crippen molar-refractivity contribution in [2.24, 2.45) is 0 Å². The van der Waals surface area contributed by atoms with E-state index in [1.54, 1.807) is 19.2 Å². The van der Waals surface area contributed by atoms with Crippen molar-refractivity contribution in [1.82, 2.24) is 10.3 Å². The van der Waals surface area contributed by atoms with Gasteiger partial charge < -0.3 is 15.4 Å². The molecule has 7 heteroatoms. The predicted molar refractivity (Wildman–Crippen MR) is 120 cm³/mol. The van der Waals surface area contributed by atoms with E-state index in [-0.39, 0.29) is 11.8 Å². The number of methoxy groups -OCH3 is 1. The number of carbonyl (C=O) groups excluding carboxylic acids is 2. The Morgan fingerprint density at radius 2 is 1.80 bits per heavy atom. The van der Waals surface area contributed by atoms with Crippen LogP contribution in [0.25, 0.3) is 10.6 Å². The summed E-state index contributed by atoms with van der Waals surface area (Å²) in [6, 6.07) is 13.7. The van der Waals surface area contributed by atoms with E-state index in [0.717, 1.165) is 22.6 Å². The Hall–Kier alpha value is -3.19. The maximum atomic E-state index is 12.7. The van der Waals surface area contributed by atoms with Gasteiger partial charge in [0, 0.05) is 19.0 Å². The number of nitrogens with zero attached hydrogens (tertiary/aromatic N) is 1. The number of hydrogen-bond donors (Lipinski definition) is 2. The molecule has 0 fully saturated rings. The van der Waals surface area contributed by atoms with E-state index in [0.29, 0.717) is 28.6 Å². The van der Waals surface area contributed by atoms with E-state index in [1.165, 1.54) is 23.8 Å². The highest BCUT2D eigenvalue weighted by molar-refractivity contribution is 7.17. The number of hydrogen-bond acceptors (Lipinski definition) is 5. The number of amides is 2. The van der Waals surface area contributed by atoms with Crippen LogP contribution < -0.4 is 15.4 Å². The predicted octanol–water partition coefficient (Wildman–Crippen LogP) is 4.58. The number of aromatic nitrogens is 1. The van der Waals surface area contributed by atoms with Crippen molar-refractivity contribution in [3.8, 4) is 16.3 Å². The van der Waals surface area contributed by atoms with Crippen LogP contribution in [0.4, 0.5) is 5.69 Å². The summed E-state index contributed by atoms with van der Waals surface area (Å²) in [6.07, 6.45) is 0.986. The average Bonchev–Trinajstić information content (AvgIpc) is 3.13. The van der Waals surface area contributed by atoms with Crippen molar-refractivity contribution >= 4 is 28.8 Å². The SMILES string of the molecule is CCc1ccc(-c2nc(C)c(C(=O)NCc3ccc(OC)c(NC(C)=O)c3)s2)cc1. The molecule has 2 aromatic carbocycles. The Morgan fingerprint density at radius 3 is 2.43 bits per heavy atom. The molecule has 0 aliphatic carbocycles. The molecular formula is C23H25N3O3S. The van der Waals surface area contributed by atoms with Gasteiger partial charge in [-0.25, -0.2) is 4.98 Å². The fourth-order valence-corrected chi connectivity index (χ4v) is 4.02. The number of rotatable bonds is 7. The van der Waals surface area contributed by atoms with Crippen LogP contribution in [-0.4, -0.2) is 23.9 Å². The molecule has 0 aliphatic heterocycles. The molecule has 0 radical (unpaired) electrons. The van der Waals surface area contributed by atoms with Gasteiger partial charge in [-0.1, -0.05) is 37.3 Å². The lowest BCUT2D eigenvalue weighted by atomic mass is 10.1. The summed E-state index contributed by atoms with van der Waals surface area (Å²) < 4.78 is 5.26. The minimum Gasteiger partial charge on any atom is -0.495 e. The van der Waals surface area contributed by atoms with Crippen LogP contribution in [-0.2, 0) is 17.8 Å². The van der Waals surface area contributed by atoms with Crippen LogP contribution in [0.5, 0.6) is 5.75 Å². The van der Waals surface area contributed by atoms with Crippen LogP contribution in [0.15, 0.2) is 42.5 Å². The van der Waals surface area contributed by atoms with Crippen LogP contribution in [0, 0.1) is 6.92 Å². The molecule has 0 atom stereocenters. The number of carbonyl (C=O) groups is 2. The molecule has 0 saturated carbocycles. The standard InChI is InChI=1S/C23H25N3O3S/c1-5-16-6-9-18(10-7-16)23-25-14(2)21(30-23)22(28)24-13-17-8-11-20(29-4)19(12-17)26-15(3)27/h6-12H,5,13H2,1-4H3,(H,24,28)(H,26,27). The Bertz CT molecular complexity index is 1060. The highest BCUT2D eigenvalue weighted by atomic mass is 32.1. The Morgan fingerprint density at radius 1 is 1.10 bits per heavy atom.